The summed E-state index contributed by atoms with van der Waals surface area (Å²) in [5.74, 6) is 0.779. The zero-order chi connectivity index (χ0) is 12.8. The molecule has 17 heavy (non-hydrogen) atoms. The molecule has 0 aromatic heterocycles. The first kappa shape index (κ1) is 14.0. The van der Waals surface area contributed by atoms with Gasteiger partial charge in [-0.1, -0.05) is 25.5 Å². The van der Waals surface area contributed by atoms with Crippen LogP contribution in [0.15, 0.2) is 24.3 Å². The fraction of sp³-hybridized carbons (Fsp3) is 0.571. The van der Waals surface area contributed by atoms with Crippen molar-refractivity contribution in [1.29, 1.82) is 0 Å². The normalized spacial score (nSPS) is 14.7. The SMILES string of the molecule is CCCC(O)C(O)c1ccc(OC(C)C)cc1. The molecule has 1 aromatic rings. The first-order valence-corrected chi connectivity index (χ1v) is 6.17. The molecule has 2 unspecified atom stereocenters. The first-order chi connectivity index (χ1) is 8.04. The lowest BCUT2D eigenvalue weighted by Crippen LogP contribution is -2.17. The highest BCUT2D eigenvalue weighted by Crippen LogP contribution is 2.22. The number of ether oxygens (including phenoxy) is 1. The van der Waals surface area contributed by atoms with E-state index in [2.05, 4.69) is 0 Å². The van der Waals surface area contributed by atoms with E-state index in [1.807, 2.05) is 32.9 Å². The Kier molecular flexibility index (Phi) is 5.45. The second kappa shape index (κ2) is 6.62. The maximum absolute atomic E-state index is 9.90. The molecule has 0 aliphatic heterocycles. The van der Waals surface area contributed by atoms with E-state index < -0.39 is 12.2 Å². The topological polar surface area (TPSA) is 49.7 Å². The summed E-state index contributed by atoms with van der Waals surface area (Å²) in [4.78, 5) is 0. The van der Waals surface area contributed by atoms with Gasteiger partial charge >= 0.3 is 0 Å². The van der Waals surface area contributed by atoms with Crippen LogP contribution in [0.1, 0.15) is 45.3 Å². The molecule has 1 aromatic carbocycles. The van der Waals surface area contributed by atoms with E-state index in [1.165, 1.54) is 0 Å². The predicted molar refractivity (Wildman–Crippen MR) is 68.1 cm³/mol. The van der Waals surface area contributed by atoms with Crippen LogP contribution in [0.3, 0.4) is 0 Å². The van der Waals surface area contributed by atoms with Gasteiger partial charge in [0.15, 0.2) is 0 Å². The number of hydrogen-bond acceptors (Lipinski definition) is 3. The molecule has 3 nitrogen and oxygen atoms in total. The Morgan fingerprint density at radius 2 is 1.71 bits per heavy atom. The highest BCUT2D eigenvalue weighted by Gasteiger charge is 2.17. The molecular formula is C14H22O3. The first-order valence-electron chi connectivity index (χ1n) is 6.17. The van der Waals surface area contributed by atoms with E-state index in [4.69, 9.17) is 4.74 Å². The molecule has 96 valence electrons. The van der Waals surface area contributed by atoms with Crippen LogP contribution >= 0.6 is 0 Å². The second-order valence-corrected chi connectivity index (χ2v) is 4.54. The van der Waals surface area contributed by atoms with Crippen molar-refractivity contribution >= 4 is 0 Å². The molecule has 0 spiro atoms. The van der Waals surface area contributed by atoms with Gasteiger partial charge in [0, 0.05) is 0 Å². The molecule has 0 bridgehead atoms. The predicted octanol–water partition coefficient (Wildman–Crippen LogP) is 2.67. The molecule has 1 rings (SSSR count). The van der Waals surface area contributed by atoms with Crippen molar-refractivity contribution in [3.05, 3.63) is 29.8 Å². The van der Waals surface area contributed by atoms with Crippen LogP contribution in [-0.2, 0) is 0 Å². The van der Waals surface area contributed by atoms with Crippen LogP contribution in [0.5, 0.6) is 5.75 Å². The van der Waals surface area contributed by atoms with Crippen LogP contribution < -0.4 is 4.74 Å². The summed E-state index contributed by atoms with van der Waals surface area (Å²) in [5, 5.41) is 19.6. The van der Waals surface area contributed by atoms with Gasteiger partial charge < -0.3 is 14.9 Å². The third-order valence-electron chi connectivity index (χ3n) is 2.54. The van der Waals surface area contributed by atoms with Gasteiger partial charge in [-0.3, -0.25) is 0 Å². The quantitative estimate of drug-likeness (QED) is 0.801. The lowest BCUT2D eigenvalue weighted by Gasteiger charge is -2.18. The summed E-state index contributed by atoms with van der Waals surface area (Å²) in [6.07, 6.45) is 0.0782. The number of benzene rings is 1. The minimum absolute atomic E-state index is 0.136. The van der Waals surface area contributed by atoms with Crippen LogP contribution in [0.2, 0.25) is 0 Å². The zero-order valence-corrected chi connectivity index (χ0v) is 10.8. The number of rotatable bonds is 6. The van der Waals surface area contributed by atoms with E-state index in [-0.39, 0.29) is 6.10 Å². The lowest BCUT2D eigenvalue weighted by atomic mass is 10.0. The third kappa shape index (κ3) is 4.36. The van der Waals surface area contributed by atoms with Crippen molar-refractivity contribution in [2.45, 2.75) is 51.9 Å². The van der Waals surface area contributed by atoms with Crippen molar-refractivity contribution < 1.29 is 14.9 Å². The Hall–Kier alpha value is -1.06. The molecule has 0 saturated heterocycles. The van der Waals surface area contributed by atoms with Crippen molar-refractivity contribution in [3.63, 3.8) is 0 Å². The zero-order valence-electron chi connectivity index (χ0n) is 10.8. The fourth-order valence-electron chi connectivity index (χ4n) is 1.69. The van der Waals surface area contributed by atoms with Gasteiger partial charge in [0.25, 0.3) is 0 Å². The molecule has 0 aliphatic rings. The summed E-state index contributed by atoms with van der Waals surface area (Å²) in [7, 11) is 0. The van der Waals surface area contributed by atoms with Crippen LogP contribution in [0.25, 0.3) is 0 Å². The Bertz CT molecular complexity index is 319. The van der Waals surface area contributed by atoms with Gasteiger partial charge in [-0.05, 0) is 38.0 Å². The number of aliphatic hydroxyl groups excluding tert-OH is 2. The van der Waals surface area contributed by atoms with E-state index >= 15 is 0 Å². The van der Waals surface area contributed by atoms with Crippen molar-refractivity contribution in [2.75, 3.05) is 0 Å². The summed E-state index contributed by atoms with van der Waals surface area (Å²) >= 11 is 0. The van der Waals surface area contributed by atoms with Crippen LogP contribution in [0, 0.1) is 0 Å². The Morgan fingerprint density at radius 1 is 1.12 bits per heavy atom. The Morgan fingerprint density at radius 3 is 2.18 bits per heavy atom. The lowest BCUT2D eigenvalue weighted by molar-refractivity contribution is 0.0130. The Labute approximate surface area is 103 Å². The molecular weight excluding hydrogens is 216 g/mol. The summed E-state index contributed by atoms with van der Waals surface area (Å²) in [6.45, 7) is 5.91. The molecule has 0 amide bonds. The standard InChI is InChI=1S/C14H22O3/c1-4-5-13(15)14(16)11-6-8-12(9-7-11)17-10(2)3/h6-10,13-16H,4-5H2,1-3H3. The summed E-state index contributed by atoms with van der Waals surface area (Å²) in [6, 6.07) is 7.22. The molecule has 0 heterocycles. The molecule has 0 aliphatic carbocycles. The largest absolute Gasteiger partial charge is 0.491 e. The Balaban J connectivity index is 2.66. The average Bonchev–Trinajstić information content (AvgIpc) is 2.28. The molecule has 0 fully saturated rings. The third-order valence-corrected chi connectivity index (χ3v) is 2.54. The van der Waals surface area contributed by atoms with Gasteiger partial charge in [-0.25, -0.2) is 0 Å². The molecule has 2 N–H and O–H groups in total. The minimum atomic E-state index is -0.817. The maximum Gasteiger partial charge on any atom is 0.119 e. The number of hydrogen-bond donors (Lipinski definition) is 2. The van der Waals surface area contributed by atoms with Crippen molar-refractivity contribution in [3.8, 4) is 5.75 Å². The highest BCUT2D eigenvalue weighted by atomic mass is 16.5. The molecule has 0 radical (unpaired) electrons. The van der Waals surface area contributed by atoms with Gasteiger partial charge in [0.2, 0.25) is 0 Å². The van der Waals surface area contributed by atoms with E-state index in [9.17, 15) is 10.2 Å². The summed E-state index contributed by atoms with van der Waals surface area (Å²) in [5.41, 5.74) is 0.724. The highest BCUT2D eigenvalue weighted by molar-refractivity contribution is 5.29. The van der Waals surface area contributed by atoms with Gasteiger partial charge in [-0.15, -0.1) is 0 Å². The van der Waals surface area contributed by atoms with E-state index in [1.54, 1.807) is 12.1 Å². The van der Waals surface area contributed by atoms with Gasteiger partial charge in [-0.2, -0.15) is 0 Å². The van der Waals surface area contributed by atoms with Crippen molar-refractivity contribution in [2.24, 2.45) is 0 Å². The van der Waals surface area contributed by atoms with Gasteiger partial charge in [0.05, 0.1) is 12.2 Å². The number of aliphatic hydroxyl groups is 2. The molecule has 3 heteroatoms. The van der Waals surface area contributed by atoms with Crippen LogP contribution in [0.4, 0.5) is 0 Å². The monoisotopic (exact) mass is 238 g/mol. The fourth-order valence-corrected chi connectivity index (χ4v) is 1.69. The van der Waals surface area contributed by atoms with Crippen molar-refractivity contribution in [1.82, 2.24) is 0 Å². The van der Waals surface area contributed by atoms with E-state index in [0.717, 1.165) is 17.7 Å². The average molecular weight is 238 g/mol. The molecule has 2 atom stereocenters. The van der Waals surface area contributed by atoms with Gasteiger partial charge in [0.1, 0.15) is 11.9 Å². The van der Waals surface area contributed by atoms with E-state index in [0.29, 0.717) is 6.42 Å². The minimum Gasteiger partial charge on any atom is -0.491 e. The smallest absolute Gasteiger partial charge is 0.119 e. The van der Waals surface area contributed by atoms with Crippen LogP contribution in [-0.4, -0.2) is 22.4 Å². The second-order valence-electron chi connectivity index (χ2n) is 4.54. The summed E-state index contributed by atoms with van der Waals surface area (Å²) < 4.78 is 5.51. The maximum atomic E-state index is 9.90. The molecule has 0 saturated carbocycles.